The van der Waals surface area contributed by atoms with E-state index in [1.807, 2.05) is 7.11 Å². The van der Waals surface area contributed by atoms with Gasteiger partial charge in [0.1, 0.15) is 0 Å². The van der Waals surface area contributed by atoms with Crippen molar-refractivity contribution in [2.24, 2.45) is 17.8 Å². The molecule has 102 valence electrons. The average Bonchev–Trinajstić information content (AvgIpc) is 2.56. The van der Waals surface area contributed by atoms with Crippen LogP contribution in [0.1, 0.15) is 48.0 Å². The number of ether oxygens (including phenoxy) is 1. The van der Waals surface area contributed by atoms with E-state index in [1.165, 1.54) is 6.42 Å². The van der Waals surface area contributed by atoms with Crippen LogP contribution in [0.5, 0.6) is 0 Å². The van der Waals surface area contributed by atoms with Gasteiger partial charge in [-0.3, -0.25) is 4.90 Å². The Morgan fingerprint density at radius 2 is 1.76 bits per heavy atom. The van der Waals surface area contributed by atoms with Crippen molar-refractivity contribution in [3.05, 3.63) is 0 Å². The lowest BCUT2D eigenvalue weighted by molar-refractivity contribution is 0.0734. The molecule has 0 radical (unpaired) electrons. The lowest BCUT2D eigenvalue weighted by Gasteiger charge is -2.38. The third kappa shape index (κ3) is 3.23. The lowest BCUT2D eigenvalue weighted by Crippen LogP contribution is -2.46. The highest BCUT2D eigenvalue weighted by molar-refractivity contribution is 4.95. The third-order valence-electron chi connectivity index (χ3n) is 4.67. The average molecular weight is 241 g/mol. The summed E-state index contributed by atoms with van der Waals surface area (Å²) in [5.41, 5.74) is 0. The third-order valence-corrected chi connectivity index (χ3v) is 4.67. The Morgan fingerprint density at radius 3 is 2.18 bits per heavy atom. The molecule has 1 heterocycles. The molecule has 0 aromatic heterocycles. The predicted molar refractivity (Wildman–Crippen MR) is 74.2 cm³/mol. The Balaban J connectivity index is 2.82. The SMILES string of the molecule is COC[C@H]1CC(C(C)C)N(C(C)C(C)C)[C@@H]1C. The molecule has 0 saturated carbocycles. The van der Waals surface area contributed by atoms with E-state index in [4.69, 9.17) is 4.74 Å². The maximum Gasteiger partial charge on any atom is 0.0505 e. The van der Waals surface area contributed by atoms with Crippen LogP contribution in [-0.2, 0) is 4.74 Å². The van der Waals surface area contributed by atoms with Crippen LogP contribution in [-0.4, -0.2) is 36.7 Å². The molecule has 2 heteroatoms. The van der Waals surface area contributed by atoms with E-state index in [2.05, 4.69) is 46.4 Å². The molecule has 17 heavy (non-hydrogen) atoms. The first-order valence-corrected chi connectivity index (χ1v) is 7.16. The fourth-order valence-corrected chi connectivity index (χ4v) is 3.23. The fraction of sp³-hybridized carbons (Fsp3) is 1.00. The number of nitrogens with zero attached hydrogens (tertiary/aromatic N) is 1. The van der Waals surface area contributed by atoms with Crippen molar-refractivity contribution >= 4 is 0 Å². The topological polar surface area (TPSA) is 12.5 Å². The Labute approximate surface area is 108 Å². The highest BCUT2D eigenvalue weighted by Gasteiger charge is 2.42. The van der Waals surface area contributed by atoms with E-state index in [0.29, 0.717) is 18.0 Å². The summed E-state index contributed by atoms with van der Waals surface area (Å²) in [6, 6.07) is 2.04. The van der Waals surface area contributed by atoms with Crippen molar-refractivity contribution in [1.29, 1.82) is 0 Å². The van der Waals surface area contributed by atoms with E-state index >= 15 is 0 Å². The maximum atomic E-state index is 5.39. The van der Waals surface area contributed by atoms with Gasteiger partial charge in [0.25, 0.3) is 0 Å². The van der Waals surface area contributed by atoms with Gasteiger partial charge in [-0.1, -0.05) is 27.7 Å². The van der Waals surface area contributed by atoms with Gasteiger partial charge in [0, 0.05) is 25.2 Å². The molecule has 1 fully saturated rings. The summed E-state index contributed by atoms with van der Waals surface area (Å²) in [6.07, 6.45) is 1.30. The second-order valence-corrected chi connectivity index (χ2v) is 6.43. The molecule has 2 unspecified atom stereocenters. The molecule has 4 atom stereocenters. The smallest absolute Gasteiger partial charge is 0.0505 e. The van der Waals surface area contributed by atoms with Gasteiger partial charge < -0.3 is 4.74 Å². The molecule has 2 nitrogen and oxygen atoms in total. The van der Waals surface area contributed by atoms with Crippen LogP contribution < -0.4 is 0 Å². The summed E-state index contributed by atoms with van der Waals surface area (Å²) in [4.78, 5) is 2.75. The minimum absolute atomic E-state index is 0.653. The molecule has 0 aromatic carbocycles. The zero-order valence-electron chi connectivity index (χ0n) is 12.7. The number of hydrogen-bond acceptors (Lipinski definition) is 2. The van der Waals surface area contributed by atoms with Crippen molar-refractivity contribution in [2.45, 2.75) is 66.1 Å². The Hall–Kier alpha value is -0.0800. The van der Waals surface area contributed by atoms with E-state index in [1.54, 1.807) is 0 Å². The molecule has 0 bridgehead atoms. The van der Waals surface area contributed by atoms with Crippen LogP contribution >= 0.6 is 0 Å². The summed E-state index contributed by atoms with van der Waals surface area (Å²) in [7, 11) is 1.83. The minimum Gasteiger partial charge on any atom is -0.384 e. The van der Waals surface area contributed by atoms with Crippen LogP contribution in [0.2, 0.25) is 0 Å². The summed E-state index contributed by atoms with van der Waals surface area (Å²) in [6.45, 7) is 15.0. The maximum absolute atomic E-state index is 5.39. The monoisotopic (exact) mass is 241 g/mol. The van der Waals surface area contributed by atoms with Crippen molar-refractivity contribution in [2.75, 3.05) is 13.7 Å². The van der Waals surface area contributed by atoms with Gasteiger partial charge in [-0.2, -0.15) is 0 Å². The molecular weight excluding hydrogens is 210 g/mol. The molecule has 0 N–H and O–H groups in total. The van der Waals surface area contributed by atoms with Crippen LogP contribution in [0.15, 0.2) is 0 Å². The first kappa shape index (κ1) is 15.0. The largest absolute Gasteiger partial charge is 0.384 e. The number of rotatable bonds is 5. The zero-order valence-corrected chi connectivity index (χ0v) is 12.7. The summed E-state index contributed by atoms with van der Waals surface area (Å²) >= 11 is 0. The first-order valence-electron chi connectivity index (χ1n) is 7.16. The molecule has 1 aliphatic rings. The quantitative estimate of drug-likeness (QED) is 0.731. The summed E-state index contributed by atoms with van der Waals surface area (Å²) in [5, 5.41) is 0. The van der Waals surface area contributed by atoms with Gasteiger partial charge in [0.15, 0.2) is 0 Å². The number of methoxy groups -OCH3 is 1. The van der Waals surface area contributed by atoms with Crippen molar-refractivity contribution in [3.8, 4) is 0 Å². The van der Waals surface area contributed by atoms with Crippen LogP contribution in [0, 0.1) is 17.8 Å². The van der Waals surface area contributed by atoms with Gasteiger partial charge >= 0.3 is 0 Å². The molecule has 1 aliphatic heterocycles. The van der Waals surface area contributed by atoms with E-state index in [-0.39, 0.29) is 0 Å². The Bertz CT molecular complexity index is 227. The lowest BCUT2D eigenvalue weighted by atomic mass is 9.96. The second-order valence-electron chi connectivity index (χ2n) is 6.43. The summed E-state index contributed by atoms with van der Waals surface area (Å²) in [5.74, 6) is 2.16. The van der Waals surface area contributed by atoms with Gasteiger partial charge in [-0.25, -0.2) is 0 Å². The van der Waals surface area contributed by atoms with Gasteiger partial charge in [0.2, 0.25) is 0 Å². The zero-order chi connectivity index (χ0) is 13.2. The van der Waals surface area contributed by atoms with Gasteiger partial charge in [-0.15, -0.1) is 0 Å². The highest BCUT2D eigenvalue weighted by atomic mass is 16.5. The minimum atomic E-state index is 0.653. The first-order chi connectivity index (χ1) is 7.90. The van der Waals surface area contributed by atoms with E-state index in [9.17, 15) is 0 Å². The van der Waals surface area contributed by atoms with Crippen molar-refractivity contribution in [1.82, 2.24) is 4.90 Å². The Morgan fingerprint density at radius 1 is 1.18 bits per heavy atom. The number of likely N-dealkylation sites (tertiary alicyclic amines) is 1. The standard InChI is InChI=1S/C15H31NO/c1-10(2)12(5)16-13(6)14(9-17-7)8-15(16)11(3)4/h10-15H,8-9H2,1-7H3/t12?,13-,14-,15?/m1/s1. The van der Waals surface area contributed by atoms with E-state index in [0.717, 1.165) is 24.5 Å². The van der Waals surface area contributed by atoms with Crippen LogP contribution in [0.25, 0.3) is 0 Å². The fourth-order valence-electron chi connectivity index (χ4n) is 3.23. The molecule has 0 spiro atoms. The molecular formula is C15H31NO. The Kier molecular flexibility index (Phi) is 5.46. The molecule has 0 aromatic rings. The van der Waals surface area contributed by atoms with Crippen molar-refractivity contribution < 1.29 is 4.74 Å². The normalized spacial score (nSPS) is 32.6. The van der Waals surface area contributed by atoms with E-state index < -0.39 is 0 Å². The van der Waals surface area contributed by atoms with Gasteiger partial charge in [-0.05, 0) is 38.0 Å². The molecule has 1 saturated heterocycles. The highest BCUT2D eigenvalue weighted by Crippen LogP contribution is 2.36. The molecule has 0 aliphatic carbocycles. The summed E-state index contributed by atoms with van der Waals surface area (Å²) < 4.78 is 5.39. The number of hydrogen-bond donors (Lipinski definition) is 0. The van der Waals surface area contributed by atoms with Crippen molar-refractivity contribution in [3.63, 3.8) is 0 Å². The van der Waals surface area contributed by atoms with Gasteiger partial charge in [0.05, 0.1) is 6.61 Å². The predicted octanol–water partition coefficient (Wildman–Crippen LogP) is 3.41. The molecule has 0 amide bonds. The van der Waals surface area contributed by atoms with Crippen LogP contribution in [0.4, 0.5) is 0 Å². The second kappa shape index (κ2) is 6.19. The molecule has 1 rings (SSSR count). The van der Waals surface area contributed by atoms with Crippen LogP contribution in [0.3, 0.4) is 0 Å².